The van der Waals surface area contributed by atoms with Crippen molar-refractivity contribution in [1.29, 1.82) is 0 Å². The monoisotopic (exact) mass is 369 g/mol. The minimum absolute atomic E-state index is 0.101. The number of likely N-dealkylation sites (tertiary alicyclic amines) is 1. The molecule has 26 heavy (non-hydrogen) atoms. The number of carbonyl (C=O) groups is 3. The lowest BCUT2D eigenvalue weighted by Gasteiger charge is -2.30. The number of rotatable bonds is 3. The maximum atomic E-state index is 12.3. The molecule has 1 aromatic rings. The highest BCUT2D eigenvalue weighted by Crippen LogP contribution is 2.35. The zero-order valence-corrected chi connectivity index (χ0v) is 14.7. The van der Waals surface area contributed by atoms with Crippen LogP contribution in [0.15, 0.2) is 15.8 Å². The van der Waals surface area contributed by atoms with Crippen LogP contribution in [0.3, 0.4) is 0 Å². The quantitative estimate of drug-likeness (QED) is 0.545. The maximum absolute atomic E-state index is 12.3. The van der Waals surface area contributed by atoms with Crippen LogP contribution in [-0.4, -0.2) is 58.8 Å². The lowest BCUT2D eigenvalue weighted by Crippen LogP contribution is -2.48. The standard InChI is InChI=1S/C15H19N3O8/c1-7-6-17(14(22)16-11(7)20)12-10(26-8(2)19)5-9(13(21)24-3)18(12)15(23)25-4/h6,9-10,12H,5H2,1-4H3,(H,16,20,22)/t9-,10+,12+/m0/s1. The molecule has 0 saturated carbocycles. The number of nitrogens with one attached hydrogen (secondary N) is 1. The van der Waals surface area contributed by atoms with E-state index in [1.54, 1.807) is 0 Å². The second-order valence-corrected chi connectivity index (χ2v) is 5.69. The van der Waals surface area contributed by atoms with Crippen molar-refractivity contribution in [2.24, 2.45) is 0 Å². The molecule has 1 saturated heterocycles. The Balaban J connectivity index is 2.64. The maximum Gasteiger partial charge on any atom is 0.412 e. The SMILES string of the molecule is COC(=O)[C@@H]1C[C@@H](OC(C)=O)[C@H](n2cc(C)c(=O)[nH]c2=O)N1C(=O)OC. The minimum Gasteiger partial charge on any atom is -0.467 e. The number of nitrogens with zero attached hydrogens (tertiary/aromatic N) is 2. The van der Waals surface area contributed by atoms with Crippen molar-refractivity contribution in [2.45, 2.75) is 38.6 Å². The minimum atomic E-state index is -1.20. The van der Waals surface area contributed by atoms with Crippen LogP contribution in [0.1, 0.15) is 25.1 Å². The van der Waals surface area contributed by atoms with E-state index in [0.29, 0.717) is 0 Å². The van der Waals surface area contributed by atoms with Crippen LogP contribution in [0.4, 0.5) is 4.79 Å². The van der Waals surface area contributed by atoms with Crippen LogP contribution in [0.5, 0.6) is 0 Å². The normalized spacial score (nSPS) is 22.0. The second kappa shape index (κ2) is 7.42. The van der Waals surface area contributed by atoms with Gasteiger partial charge in [0.05, 0.1) is 14.2 Å². The van der Waals surface area contributed by atoms with E-state index in [2.05, 4.69) is 4.98 Å². The molecule has 3 atom stereocenters. The predicted molar refractivity (Wildman–Crippen MR) is 85.3 cm³/mol. The van der Waals surface area contributed by atoms with Crippen molar-refractivity contribution < 1.29 is 28.6 Å². The summed E-state index contributed by atoms with van der Waals surface area (Å²) < 4.78 is 15.6. The fraction of sp³-hybridized carbons (Fsp3) is 0.533. The van der Waals surface area contributed by atoms with Crippen molar-refractivity contribution in [2.75, 3.05) is 14.2 Å². The Morgan fingerprint density at radius 3 is 2.38 bits per heavy atom. The number of aromatic nitrogens is 2. The summed E-state index contributed by atoms with van der Waals surface area (Å²) in [5.41, 5.74) is -1.23. The summed E-state index contributed by atoms with van der Waals surface area (Å²) in [5.74, 6) is -1.42. The van der Waals surface area contributed by atoms with E-state index < -0.39 is 47.6 Å². The van der Waals surface area contributed by atoms with Crippen molar-refractivity contribution >= 4 is 18.0 Å². The molecule has 0 spiro atoms. The summed E-state index contributed by atoms with van der Waals surface area (Å²) in [4.78, 5) is 62.8. The van der Waals surface area contributed by atoms with Crippen LogP contribution in [0, 0.1) is 6.92 Å². The number of hydrogen-bond acceptors (Lipinski definition) is 8. The summed E-state index contributed by atoms with van der Waals surface area (Å²) >= 11 is 0. The van der Waals surface area contributed by atoms with Crippen molar-refractivity contribution in [1.82, 2.24) is 14.5 Å². The fourth-order valence-corrected chi connectivity index (χ4v) is 2.92. The summed E-state index contributed by atoms with van der Waals surface area (Å²) in [7, 11) is 2.25. The highest BCUT2D eigenvalue weighted by atomic mass is 16.6. The van der Waals surface area contributed by atoms with Gasteiger partial charge in [-0.3, -0.25) is 24.0 Å². The lowest BCUT2D eigenvalue weighted by molar-refractivity contribution is -0.149. The highest BCUT2D eigenvalue weighted by Gasteiger charge is 2.51. The van der Waals surface area contributed by atoms with Gasteiger partial charge < -0.3 is 14.2 Å². The van der Waals surface area contributed by atoms with E-state index in [1.807, 2.05) is 0 Å². The zero-order valence-electron chi connectivity index (χ0n) is 14.7. The molecule has 142 valence electrons. The molecule has 1 aliphatic heterocycles. The number of hydrogen-bond donors (Lipinski definition) is 1. The van der Waals surface area contributed by atoms with Gasteiger partial charge >= 0.3 is 23.7 Å². The first-order chi connectivity index (χ1) is 12.2. The van der Waals surface area contributed by atoms with E-state index in [-0.39, 0.29) is 12.0 Å². The zero-order chi connectivity index (χ0) is 19.6. The van der Waals surface area contributed by atoms with Gasteiger partial charge in [-0.25, -0.2) is 14.4 Å². The molecule has 0 radical (unpaired) electrons. The first-order valence-electron chi connectivity index (χ1n) is 7.64. The first-order valence-corrected chi connectivity index (χ1v) is 7.64. The van der Waals surface area contributed by atoms with Gasteiger partial charge in [-0.1, -0.05) is 0 Å². The van der Waals surface area contributed by atoms with Crippen LogP contribution in [0.25, 0.3) is 0 Å². The van der Waals surface area contributed by atoms with Gasteiger partial charge in [-0.15, -0.1) is 0 Å². The average molecular weight is 369 g/mol. The summed E-state index contributed by atoms with van der Waals surface area (Å²) in [6, 6.07) is -1.14. The number of aromatic amines is 1. The van der Waals surface area contributed by atoms with E-state index in [4.69, 9.17) is 14.2 Å². The Labute approximate surface area is 147 Å². The molecule has 11 nitrogen and oxygen atoms in total. The molecular formula is C15H19N3O8. The highest BCUT2D eigenvalue weighted by molar-refractivity contribution is 5.82. The second-order valence-electron chi connectivity index (χ2n) is 5.69. The molecule has 0 aromatic carbocycles. The van der Waals surface area contributed by atoms with Crippen molar-refractivity contribution in [3.8, 4) is 0 Å². The van der Waals surface area contributed by atoms with E-state index in [0.717, 1.165) is 30.6 Å². The molecule has 1 amide bonds. The van der Waals surface area contributed by atoms with E-state index in [9.17, 15) is 24.0 Å². The number of ether oxygens (including phenoxy) is 3. The molecule has 0 bridgehead atoms. The molecule has 1 N–H and O–H groups in total. The van der Waals surface area contributed by atoms with Gasteiger partial charge in [-0.2, -0.15) is 0 Å². The summed E-state index contributed by atoms with van der Waals surface area (Å²) in [5, 5.41) is 0. The Bertz CT molecular complexity index is 842. The molecule has 1 aromatic heterocycles. The number of H-pyrrole nitrogens is 1. The number of methoxy groups -OCH3 is 2. The van der Waals surface area contributed by atoms with Gasteiger partial charge in [0, 0.05) is 25.1 Å². The van der Waals surface area contributed by atoms with Gasteiger partial charge in [-0.05, 0) is 6.92 Å². The Morgan fingerprint density at radius 1 is 1.19 bits per heavy atom. The smallest absolute Gasteiger partial charge is 0.412 e. The first kappa shape index (κ1) is 19.2. The van der Waals surface area contributed by atoms with Crippen molar-refractivity contribution in [3.63, 3.8) is 0 Å². The van der Waals surface area contributed by atoms with E-state index >= 15 is 0 Å². The Morgan fingerprint density at radius 2 is 1.85 bits per heavy atom. The van der Waals surface area contributed by atoms with Crippen LogP contribution in [0.2, 0.25) is 0 Å². The number of esters is 2. The Hall–Kier alpha value is -3.11. The number of amides is 1. The molecule has 0 unspecified atom stereocenters. The molecule has 1 aliphatic rings. The van der Waals surface area contributed by atoms with Gasteiger partial charge in [0.2, 0.25) is 0 Å². The van der Waals surface area contributed by atoms with E-state index in [1.165, 1.54) is 13.1 Å². The van der Waals surface area contributed by atoms with Gasteiger partial charge in [0.1, 0.15) is 12.1 Å². The third-order valence-electron chi connectivity index (χ3n) is 4.02. The molecule has 11 heteroatoms. The van der Waals surface area contributed by atoms with Crippen LogP contribution < -0.4 is 11.2 Å². The summed E-state index contributed by atoms with van der Waals surface area (Å²) in [6.07, 6.45) is -2.03. The molecule has 1 fully saturated rings. The predicted octanol–water partition coefficient (Wildman–Crippen LogP) is -0.711. The largest absolute Gasteiger partial charge is 0.467 e. The molecule has 0 aliphatic carbocycles. The van der Waals surface area contributed by atoms with Gasteiger partial charge in [0.25, 0.3) is 5.56 Å². The van der Waals surface area contributed by atoms with Crippen LogP contribution >= 0.6 is 0 Å². The third-order valence-corrected chi connectivity index (χ3v) is 4.02. The molecule has 2 rings (SSSR count). The topological polar surface area (TPSA) is 137 Å². The third kappa shape index (κ3) is 3.46. The Kier molecular flexibility index (Phi) is 5.48. The average Bonchev–Trinajstić information content (AvgIpc) is 2.94. The molecular weight excluding hydrogens is 350 g/mol. The van der Waals surface area contributed by atoms with Gasteiger partial charge in [0.15, 0.2) is 6.17 Å². The van der Waals surface area contributed by atoms with Crippen molar-refractivity contribution in [3.05, 3.63) is 32.6 Å². The number of aryl methyl sites for hydroxylation is 1. The van der Waals surface area contributed by atoms with Crippen LogP contribution in [-0.2, 0) is 23.8 Å². The summed E-state index contributed by atoms with van der Waals surface area (Å²) in [6.45, 7) is 2.62. The fourth-order valence-electron chi connectivity index (χ4n) is 2.92. The molecule has 2 heterocycles. The lowest BCUT2D eigenvalue weighted by atomic mass is 10.2. The number of carbonyl (C=O) groups excluding carboxylic acids is 3.